The van der Waals surface area contributed by atoms with Gasteiger partial charge in [0, 0.05) is 19.1 Å². The Morgan fingerprint density at radius 2 is 2.05 bits per heavy atom. The molecule has 0 radical (unpaired) electrons. The molecule has 1 aliphatic heterocycles. The van der Waals surface area contributed by atoms with Gasteiger partial charge in [-0.2, -0.15) is 17.0 Å². The Labute approximate surface area is 129 Å². The van der Waals surface area contributed by atoms with Crippen LogP contribution in [0.25, 0.3) is 0 Å². The summed E-state index contributed by atoms with van der Waals surface area (Å²) >= 11 is 0. The van der Waals surface area contributed by atoms with Gasteiger partial charge in [-0.3, -0.25) is 0 Å². The highest BCUT2D eigenvalue weighted by molar-refractivity contribution is 7.86. The largest absolute Gasteiger partial charge is 0.378 e. The van der Waals surface area contributed by atoms with Crippen LogP contribution in [0, 0.1) is 0 Å². The molecule has 0 saturated carbocycles. The summed E-state index contributed by atoms with van der Waals surface area (Å²) in [7, 11) is -3.96. The van der Waals surface area contributed by atoms with E-state index in [1.165, 1.54) is 4.31 Å². The van der Waals surface area contributed by atoms with Gasteiger partial charge in [0.05, 0.1) is 19.8 Å². The van der Waals surface area contributed by atoms with E-state index in [0.717, 1.165) is 4.31 Å². The maximum Gasteiger partial charge on any atom is 0.282 e. The molecule has 0 amide bonds. The minimum absolute atomic E-state index is 0.0718. The molecule has 5 nitrogen and oxygen atoms in total. The van der Waals surface area contributed by atoms with Crippen molar-refractivity contribution in [1.29, 1.82) is 0 Å². The average Bonchev–Trinajstić information content (AvgIpc) is 2.47. The van der Waals surface area contributed by atoms with Crippen LogP contribution < -0.4 is 0 Å². The highest BCUT2D eigenvalue weighted by Crippen LogP contribution is 2.19. The van der Waals surface area contributed by atoms with Crippen LogP contribution >= 0.6 is 0 Å². The molecule has 2 rings (SSSR count). The van der Waals surface area contributed by atoms with Crippen molar-refractivity contribution in [2.24, 2.45) is 0 Å². The van der Waals surface area contributed by atoms with E-state index in [9.17, 15) is 17.2 Å². The summed E-state index contributed by atoms with van der Waals surface area (Å²) in [5, 5.41) is 0. The maximum atomic E-state index is 12.8. The third-order valence-electron chi connectivity index (χ3n) is 3.47. The minimum atomic E-state index is -3.96. The van der Waals surface area contributed by atoms with E-state index in [1.54, 1.807) is 37.3 Å². The molecular formula is C14H20F2N2O3S. The third-order valence-corrected chi connectivity index (χ3v) is 5.54. The molecule has 0 aliphatic carbocycles. The average molecular weight is 334 g/mol. The van der Waals surface area contributed by atoms with Gasteiger partial charge >= 0.3 is 0 Å². The molecule has 1 heterocycles. The second-order valence-electron chi connectivity index (χ2n) is 5.21. The highest BCUT2D eigenvalue weighted by Gasteiger charge is 2.36. The van der Waals surface area contributed by atoms with Crippen molar-refractivity contribution in [2.75, 3.05) is 26.3 Å². The Morgan fingerprint density at radius 1 is 1.36 bits per heavy atom. The smallest absolute Gasteiger partial charge is 0.282 e. The zero-order chi connectivity index (χ0) is 16.2. The second kappa shape index (κ2) is 7.45. The van der Waals surface area contributed by atoms with E-state index in [1.807, 2.05) is 0 Å². The van der Waals surface area contributed by atoms with Crippen molar-refractivity contribution in [3.63, 3.8) is 0 Å². The summed E-state index contributed by atoms with van der Waals surface area (Å²) in [6.45, 7) is 1.54. The van der Waals surface area contributed by atoms with E-state index in [2.05, 4.69) is 0 Å². The van der Waals surface area contributed by atoms with Crippen LogP contribution in [0.2, 0.25) is 0 Å². The fraction of sp³-hybridized carbons (Fsp3) is 0.571. The zero-order valence-electron chi connectivity index (χ0n) is 12.4. The van der Waals surface area contributed by atoms with E-state index in [0.29, 0.717) is 5.56 Å². The number of hydrogen-bond donors (Lipinski definition) is 0. The fourth-order valence-corrected chi connectivity index (χ4v) is 4.12. The minimum Gasteiger partial charge on any atom is -0.378 e. The number of rotatable bonds is 6. The zero-order valence-corrected chi connectivity index (χ0v) is 13.2. The van der Waals surface area contributed by atoms with E-state index < -0.39 is 23.2 Å². The highest BCUT2D eigenvalue weighted by atomic mass is 32.2. The van der Waals surface area contributed by atoms with Crippen LogP contribution in [-0.2, 0) is 21.5 Å². The Bertz CT molecular complexity index is 569. The monoisotopic (exact) mass is 334 g/mol. The fourth-order valence-electron chi connectivity index (χ4n) is 2.38. The first kappa shape index (κ1) is 17.3. The number of benzene rings is 1. The second-order valence-corrected chi connectivity index (χ2v) is 7.09. The lowest BCUT2D eigenvalue weighted by molar-refractivity contribution is 0.0342. The Hall–Kier alpha value is -1.09. The molecule has 0 aromatic heterocycles. The summed E-state index contributed by atoms with van der Waals surface area (Å²) in [5.41, 5.74) is 0.674. The molecular weight excluding hydrogens is 314 g/mol. The number of morpholine rings is 1. The molecule has 0 spiro atoms. The summed E-state index contributed by atoms with van der Waals surface area (Å²) in [6.07, 6.45) is -2.73. The summed E-state index contributed by atoms with van der Waals surface area (Å²) in [5.74, 6) is 0. The number of alkyl halides is 2. The van der Waals surface area contributed by atoms with Crippen molar-refractivity contribution in [3.8, 4) is 0 Å². The molecule has 124 valence electrons. The molecule has 1 fully saturated rings. The Morgan fingerprint density at radius 3 is 2.64 bits per heavy atom. The van der Waals surface area contributed by atoms with Crippen molar-refractivity contribution in [2.45, 2.75) is 25.9 Å². The topological polar surface area (TPSA) is 49.9 Å². The first-order valence-electron chi connectivity index (χ1n) is 7.08. The Balaban J connectivity index is 2.23. The van der Waals surface area contributed by atoms with Gasteiger partial charge in [-0.1, -0.05) is 30.3 Å². The van der Waals surface area contributed by atoms with Crippen molar-refractivity contribution < 1.29 is 21.9 Å². The molecule has 1 unspecified atom stereocenters. The van der Waals surface area contributed by atoms with Gasteiger partial charge in [-0.15, -0.1) is 0 Å². The molecule has 1 saturated heterocycles. The van der Waals surface area contributed by atoms with E-state index in [-0.39, 0.29) is 32.3 Å². The third kappa shape index (κ3) is 4.22. The molecule has 0 bridgehead atoms. The maximum absolute atomic E-state index is 12.8. The van der Waals surface area contributed by atoms with Crippen molar-refractivity contribution >= 4 is 10.2 Å². The number of ether oxygens (including phenoxy) is 1. The summed E-state index contributed by atoms with van der Waals surface area (Å²) in [6, 6.07) is 8.36. The molecule has 1 atom stereocenters. The van der Waals surface area contributed by atoms with Crippen molar-refractivity contribution in [1.82, 2.24) is 8.61 Å². The first-order valence-corrected chi connectivity index (χ1v) is 8.47. The van der Waals surface area contributed by atoms with Crippen LogP contribution in [0.15, 0.2) is 30.3 Å². The molecule has 1 aromatic carbocycles. The first-order chi connectivity index (χ1) is 10.4. The molecule has 0 N–H and O–H groups in total. The lowest BCUT2D eigenvalue weighted by Gasteiger charge is -2.36. The SMILES string of the molecule is CC1COCCN1S(=O)(=O)N(Cc1ccccc1)CC(F)F. The molecule has 1 aromatic rings. The van der Waals surface area contributed by atoms with Crippen LogP contribution in [0.1, 0.15) is 12.5 Å². The van der Waals surface area contributed by atoms with Gasteiger partial charge in [0.1, 0.15) is 0 Å². The quantitative estimate of drug-likeness (QED) is 0.796. The van der Waals surface area contributed by atoms with E-state index >= 15 is 0 Å². The standard InChI is InChI=1S/C14H20F2N2O3S/c1-12-11-21-8-7-18(12)22(19,20)17(10-14(15)16)9-13-5-3-2-4-6-13/h2-6,12,14H,7-11H2,1H3. The predicted octanol–water partition coefficient (Wildman–Crippen LogP) is 1.72. The van der Waals surface area contributed by atoms with Gasteiger partial charge in [-0.05, 0) is 12.5 Å². The molecule has 22 heavy (non-hydrogen) atoms. The van der Waals surface area contributed by atoms with Gasteiger partial charge in [0.25, 0.3) is 16.6 Å². The van der Waals surface area contributed by atoms with Gasteiger partial charge in [-0.25, -0.2) is 8.78 Å². The van der Waals surface area contributed by atoms with Crippen LogP contribution in [0.5, 0.6) is 0 Å². The number of nitrogens with zero attached hydrogens (tertiary/aromatic N) is 2. The lowest BCUT2D eigenvalue weighted by atomic mass is 10.2. The van der Waals surface area contributed by atoms with Gasteiger partial charge in [0.2, 0.25) is 0 Å². The van der Waals surface area contributed by atoms with Crippen molar-refractivity contribution in [3.05, 3.63) is 35.9 Å². The number of halogens is 2. The predicted molar refractivity (Wildman–Crippen MR) is 78.8 cm³/mol. The lowest BCUT2D eigenvalue weighted by Crippen LogP contribution is -2.53. The molecule has 8 heteroatoms. The normalized spacial score (nSPS) is 20.7. The van der Waals surface area contributed by atoms with Crippen LogP contribution in [0.3, 0.4) is 0 Å². The molecule has 1 aliphatic rings. The summed E-state index contributed by atoms with van der Waals surface area (Å²) in [4.78, 5) is 0. The van der Waals surface area contributed by atoms with Gasteiger partial charge in [0.15, 0.2) is 0 Å². The Kier molecular flexibility index (Phi) is 5.85. The van der Waals surface area contributed by atoms with E-state index in [4.69, 9.17) is 4.74 Å². The van der Waals surface area contributed by atoms with Gasteiger partial charge < -0.3 is 4.74 Å². The van der Waals surface area contributed by atoms with Crippen LogP contribution in [0.4, 0.5) is 8.78 Å². The van der Waals surface area contributed by atoms with Crippen LogP contribution in [-0.4, -0.2) is 55.8 Å². The summed E-state index contributed by atoms with van der Waals surface area (Å²) < 4.78 is 58.4. The number of hydrogen-bond acceptors (Lipinski definition) is 3.